The van der Waals surface area contributed by atoms with Crippen LogP contribution in [0.15, 0.2) is 35.8 Å². The van der Waals surface area contributed by atoms with Crippen molar-refractivity contribution in [3.05, 3.63) is 52.0 Å². The highest BCUT2D eigenvalue weighted by molar-refractivity contribution is 7.09. The highest BCUT2D eigenvalue weighted by atomic mass is 32.1. The van der Waals surface area contributed by atoms with E-state index in [0.717, 1.165) is 18.0 Å². The summed E-state index contributed by atoms with van der Waals surface area (Å²) in [6, 6.07) is 8.51. The highest BCUT2D eigenvalue weighted by Crippen LogP contribution is 2.37. The lowest BCUT2D eigenvalue weighted by atomic mass is 9.85. The number of aromatic nitrogens is 1. The molecule has 19 heavy (non-hydrogen) atoms. The van der Waals surface area contributed by atoms with Crippen LogP contribution >= 0.6 is 11.3 Å². The first kappa shape index (κ1) is 12.8. The van der Waals surface area contributed by atoms with E-state index in [4.69, 9.17) is 4.74 Å². The second-order valence-electron chi connectivity index (χ2n) is 4.82. The molecule has 3 rings (SSSR count). The van der Waals surface area contributed by atoms with Gasteiger partial charge in [0.1, 0.15) is 10.5 Å². The number of hydrogen-bond acceptors (Lipinski definition) is 4. The number of nitrogens with one attached hydrogen (secondary N) is 1. The molecule has 0 radical (unpaired) electrons. The lowest BCUT2D eigenvalue weighted by molar-refractivity contribution is 0.0524. The van der Waals surface area contributed by atoms with Crippen LogP contribution in [0, 0.1) is 0 Å². The third-order valence-corrected chi connectivity index (χ3v) is 4.46. The molecular formula is C15H18N2OS. The van der Waals surface area contributed by atoms with E-state index in [1.807, 2.05) is 11.6 Å². The predicted octanol–water partition coefficient (Wildman–Crippen LogP) is 2.92. The minimum atomic E-state index is -0.279. The molecule has 3 nitrogen and oxygen atoms in total. The van der Waals surface area contributed by atoms with Gasteiger partial charge < -0.3 is 4.74 Å². The number of fused-ring (bicyclic) bond motifs is 1. The van der Waals surface area contributed by atoms with Crippen molar-refractivity contribution < 1.29 is 4.74 Å². The molecule has 1 N–H and O–H groups in total. The molecule has 100 valence electrons. The summed E-state index contributed by atoms with van der Waals surface area (Å²) >= 11 is 1.69. The van der Waals surface area contributed by atoms with Gasteiger partial charge in [0, 0.05) is 11.6 Å². The highest BCUT2D eigenvalue weighted by Gasteiger charge is 2.40. The molecule has 0 amide bonds. The van der Waals surface area contributed by atoms with Gasteiger partial charge in [-0.3, -0.25) is 5.32 Å². The molecule has 0 spiro atoms. The van der Waals surface area contributed by atoms with Crippen LogP contribution in [0.4, 0.5) is 0 Å². The third-order valence-electron chi connectivity index (χ3n) is 3.53. The van der Waals surface area contributed by atoms with E-state index in [1.54, 1.807) is 11.3 Å². The van der Waals surface area contributed by atoms with Gasteiger partial charge in [0.25, 0.3) is 0 Å². The molecule has 2 heterocycles. The minimum absolute atomic E-state index is 0.279. The maximum Gasteiger partial charge on any atom is 0.120 e. The fourth-order valence-electron chi connectivity index (χ4n) is 2.63. The number of nitrogens with zero attached hydrogens (tertiary/aromatic N) is 1. The molecule has 0 bridgehead atoms. The van der Waals surface area contributed by atoms with Gasteiger partial charge in [0.2, 0.25) is 0 Å². The van der Waals surface area contributed by atoms with E-state index in [-0.39, 0.29) is 5.54 Å². The van der Waals surface area contributed by atoms with Crippen molar-refractivity contribution in [2.45, 2.75) is 25.5 Å². The average molecular weight is 274 g/mol. The van der Waals surface area contributed by atoms with Crippen molar-refractivity contribution in [1.82, 2.24) is 10.3 Å². The molecule has 1 aliphatic heterocycles. The van der Waals surface area contributed by atoms with Gasteiger partial charge in [0.15, 0.2) is 0 Å². The molecule has 1 aromatic carbocycles. The lowest BCUT2D eigenvalue weighted by Gasteiger charge is -2.38. The Morgan fingerprint density at radius 2 is 2.32 bits per heavy atom. The Bertz CT molecular complexity index is 541. The fourth-order valence-corrected chi connectivity index (χ4v) is 3.44. The van der Waals surface area contributed by atoms with Crippen LogP contribution in [0.5, 0.6) is 0 Å². The Kier molecular flexibility index (Phi) is 3.64. The van der Waals surface area contributed by atoms with Gasteiger partial charge in [-0.1, -0.05) is 31.2 Å². The summed E-state index contributed by atoms with van der Waals surface area (Å²) in [5.41, 5.74) is 2.29. The smallest absolute Gasteiger partial charge is 0.120 e. The van der Waals surface area contributed by atoms with Gasteiger partial charge in [0.05, 0.1) is 13.2 Å². The van der Waals surface area contributed by atoms with Gasteiger partial charge >= 0.3 is 0 Å². The van der Waals surface area contributed by atoms with Crippen LogP contribution in [0.3, 0.4) is 0 Å². The summed E-state index contributed by atoms with van der Waals surface area (Å²) in [6.07, 6.45) is 2.96. The van der Waals surface area contributed by atoms with Crippen LogP contribution < -0.4 is 5.32 Å². The zero-order valence-electron chi connectivity index (χ0n) is 11.1. The number of ether oxygens (including phenoxy) is 1. The Labute approximate surface area is 117 Å². The van der Waals surface area contributed by atoms with Crippen molar-refractivity contribution in [2.24, 2.45) is 0 Å². The van der Waals surface area contributed by atoms with Crippen molar-refractivity contribution in [3.63, 3.8) is 0 Å². The maximum atomic E-state index is 5.84. The number of thiazole rings is 1. The Morgan fingerprint density at radius 3 is 3.11 bits per heavy atom. The van der Waals surface area contributed by atoms with Crippen LogP contribution in [0.1, 0.15) is 29.5 Å². The summed E-state index contributed by atoms with van der Waals surface area (Å²) in [6.45, 7) is 4.48. The number of benzene rings is 1. The largest absolute Gasteiger partial charge is 0.374 e. The first-order valence-electron chi connectivity index (χ1n) is 6.68. The second kappa shape index (κ2) is 5.41. The van der Waals surface area contributed by atoms with Crippen LogP contribution in [-0.4, -0.2) is 18.1 Å². The molecule has 4 heteroatoms. The van der Waals surface area contributed by atoms with Crippen molar-refractivity contribution in [3.8, 4) is 0 Å². The van der Waals surface area contributed by atoms with Gasteiger partial charge in [-0.25, -0.2) is 4.98 Å². The Hall–Kier alpha value is -1.23. The van der Waals surface area contributed by atoms with Crippen LogP contribution in [0.25, 0.3) is 0 Å². The van der Waals surface area contributed by atoms with Gasteiger partial charge in [-0.15, -0.1) is 11.3 Å². The zero-order chi connectivity index (χ0) is 13.1. The average Bonchev–Trinajstić information content (AvgIpc) is 3.00. The first-order chi connectivity index (χ1) is 9.37. The molecule has 2 aromatic rings. The first-order valence-corrected chi connectivity index (χ1v) is 7.56. The summed E-state index contributed by atoms with van der Waals surface area (Å²) in [5, 5.41) is 6.79. The molecule has 1 unspecified atom stereocenters. The monoisotopic (exact) mass is 274 g/mol. The summed E-state index contributed by atoms with van der Waals surface area (Å²) in [5.74, 6) is 0. The summed E-state index contributed by atoms with van der Waals surface area (Å²) < 4.78 is 5.84. The quantitative estimate of drug-likeness (QED) is 0.931. The zero-order valence-corrected chi connectivity index (χ0v) is 11.9. The minimum Gasteiger partial charge on any atom is -0.374 e. The lowest BCUT2D eigenvalue weighted by Crippen LogP contribution is -2.50. The molecule has 0 fully saturated rings. The van der Waals surface area contributed by atoms with Crippen LogP contribution in [0.2, 0.25) is 0 Å². The molecule has 0 aliphatic carbocycles. The van der Waals surface area contributed by atoms with E-state index in [1.165, 1.54) is 11.1 Å². The molecule has 1 atom stereocenters. The predicted molar refractivity (Wildman–Crippen MR) is 77.3 cm³/mol. The van der Waals surface area contributed by atoms with Gasteiger partial charge in [-0.05, 0) is 24.1 Å². The maximum absolute atomic E-state index is 5.84. The Morgan fingerprint density at radius 1 is 1.42 bits per heavy atom. The molecule has 1 aromatic heterocycles. The molecule has 0 saturated heterocycles. The van der Waals surface area contributed by atoms with Crippen molar-refractivity contribution in [2.75, 3.05) is 13.2 Å². The van der Waals surface area contributed by atoms with Gasteiger partial charge in [-0.2, -0.15) is 0 Å². The standard InChI is InChI=1S/C15H18N2OS/c1-2-7-17-15(14-16-8-9-19-14)11-18-10-12-5-3-4-6-13(12)15/h3-6,8-9,17H,2,7,10-11H2,1H3. The third kappa shape index (κ3) is 2.20. The Balaban J connectivity index is 2.10. The molecular weight excluding hydrogens is 256 g/mol. The summed E-state index contributed by atoms with van der Waals surface area (Å²) in [7, 11) is 0. The fraction of sp³-hybridized carbons (Fsp3) is 0.400. The van der Waals surface area contributed by atoms with E-state index in [9.17, 15) is 0 Å². The van der Waals surface area contributed by atoms with E-state index < -0.39 is 0 Å². The van der Waals surface area contributed by atoms with Crippen molar-refractivity contribution in [1.29, 1.82) is 0 Å². The molecule has 0 saturated carbocycles. The topological polar surface area (TPSA) is 34.2 Å². The normalized spacial score (nSPS) is 22.2. The summed E-state index contributed by atoms with van der Waals surface area (Å²) in [4.78, 5) is 4.54. The SMILES string of the molecule is CCCNC1(c2nccs2)COCc2ccccc21. The molecule has 1 aliphatic rings. The second-order valence-corrected chi connectivity index (χ2v) is 5.71. The number of hydrogen-bond donors (Lipinski definition) is 1. The van der Waals surface area contributed by atoms with E-state index >= 15 is 0 Å². The van der Waals surface area contributed by atoms with E-state index in [2.05, 4.69) is 41.5 Å². The van der Waals surface area contributed by atoms with E-state index in [0.29, 0.717) is 13.2 Å². The number of rotatable bonds is 4. The van der Waals surface area contributed by atoms with Crippen LogP contribution in [-0.2, 0) is 16.9 Å². The van der Waals surface area contributed by atoms with Crippen molar-refractivity contribution >= 4 is 11.3 Å².